The normalized spacial score (nSPS) is 14.0. The lowest BCUT2D eigenvalue weighted by atomic mass is 10.2. The van der Waals surface area contributed by atoms with Crippen molar-refractivity contribution in [2.75, 3.05) is 7.05 Å². The van der Waals surface area contributed by atoms with Crippen LogP contribution in [0.15, 0.2) is 47.5 Å². The Morgan fingerprint density at radius 1 is 1.17 bits per heavy atom. The number of sulfonamides is 1. The van der Waals surface area contributed by atoms with Gasteiger partial charge in [-0.2, -0.15) is 17.5 Å². The van der Waals surface area contributed by atoms with Gasteiger partial charge in [-0.25, -0.2) is 8.42 Å². The number of pyridine rings is 1. The van der Waals surface area contributed by atoms with E-state index in [1.54, 1.807) is 18.2 Å². The molecule has 130 valence electrons. The monoisotopic (exact) mass is 378 g/mol. The van der Waals surface area contributed by atoms with E-state index in [0.29, 0.717) is 11.8 Å². The van der Waals surface area contributed by atoms with E-state index in [2.05, 4.69) is 4.98 Å². The number of halogens is 4. The van der Waals surface area contributed by atoms with Crippen molar-refractivity contribution in [3.8, 4) is 0 Å². The van der Waals surface area contributed by atoms with E-state index >= 15 is 0 Å². The van der Waals surface area contributed by atoms with Crippen molar-refractivity contribution < 1.29 is 21.6 Å². The summed E-state index contributed by atoms with van der Waals surface area (Å²) in [6.45, 7) is 1.53. The molecule has 0 N–H and O–H groups in total. The molecule has 4 nitrogen and oxygen atoms in total. The van der Waals surface area contributed by atoms with E-state index < -0.39 is 37.7 Å². The Kier molecular flexibility index (Phi) is 5.22. The fraction of sp³-hybridized carbons (Fsp3) is 0.267. The first kappa shape index (κ1) is 18.7. The first-order valence-corrected chi connectivity index (χ1v) is 8.63. The van der Waals surface area contributed by atoms with Crippen LogP contribution in [0.1, 0.15) is 24.2 Å². The lowest BCUT2D eigenvalue weighted by molar-refractivity contribution is -0.139. The summed E-state index contributed by atoms with van der Waals surface area (Å²) in [6, 6.07) is 7.01. The molecule has 0 bridgehead atoms. The van der Waals surface area contributed by atoms with E-state index in [0.717, 1.165) is 16.4 Å². The molecule has 2 rings (SSSR count). The lowest BCUT2D eigenvalue weighted by Gasteiger charge is -2.26. The first-order valence-electron chi connectivity index (χ1n) is 6.81. The minimum atomic E-state index is -4.84. The highest BCUT2D eigenvalue weighted by molar-refractivity contribution is 7.89. The molecule has 0 radical (unpaired) electrons. The van der Waals surface area contributed by atoms with E-state index in [4.69, 9.17) is 11.6 Å². The highest BCUT2D eigenvalue weighted by atomic mass is 35.5. The Bertz CT molecular complexity index is 826. The lowest BCUT2D eigenvalue weighted by Crippen LogP contribution is -2.32. The third kappa shape index (κ3) is 3.55. The number of hydrogen-bond acceptors (Lipinski definition) is 3. The Labute approximate surface area is 142 Å². The summed E-state index contributed by atoms with van der Waals surface area (Å²) in [5.41, 5.74) is -0.890. The first-order chi connectivity index (χ1) is 11.1. The smallest absolute Gasteiger partial charge is 0.260 e. The number of rotatable bonds is 4. The zero-order valence-electron chi connectivity index (χ0n) is 12.7. The number of nitrogens with zero attached hydrogens (tertiary/aromatic N) is 2. The molecule has 1 aromatic heterocycles. The van der Waals surface area contributed by atoms with Crippen LogP contribution in [0.2, 0.25) is 5.02 Å². The predicted molar refractivity (Wildman–Crippen MR) is 84.1 cm³/mol. The molecule has 1 heterocycles. The van der Waals surface area contributed by atoms with Crippen molar-refractivity contribution in [1.82, 2.24) is 9.29 Å². The van der Waals surface area contributed by atoms with Crippen LogP contribution >= 0.6 is 11.6 Å². The Morgan fingerprint density at radius 3 is 2.38 bits per heavy atom. The molecule has 0 saturated heterocycles. The Hall–Kier alpha value is -1.64. The average molecular weight is 379 g/mol. The molecule has 0 spiro atoms. The van der Waals surface area contributed by atoms with Gasteiger partial charge in [-0.3, -0.25) is 4.98 Å². The number of hydrogen-bond donors (Lipinski definition) is 0. The van der Waals surface area contributed by atoms with Crippen molar-refractivity contribution in [3.05, 3.63) is 58.9 Å². The van der Waals surface area contributed by atoms with Crippen molar-refractivity contribution in [2.24, 2.45) is 0 Å². The molecular weight excluding hydrogens is 365 g/mol. The average Bonchev–Trinajstić information content (AvgIpc) is 2.53. The molecule has 1 unspecified atom stereocenters. The largest absolute Gasteiger partial charge is 0.417 e. The summed E-state index contributed by atoms with van der Waals surface area (Å²) in [6.07, 6.45) is -3.37. The van der Waals surface area contributed by atoms with Gasteiger partial charge in [0.1, 0.15) is 4.90 Å². The fourth-order valence-corrected chi connectivity index (χ4v) is 4.21. The molecule has 0 saturated carbocycles. The van der Waals surface area contributed by atoms with Crippen LogP contribution in [-0.2, 0) is 16.2 Å². The van der Waals surface area contributed by atoms with E-state index in [1.807, 2.05) is 0 Å². The summed E-state index contributed by atoms with van der Waals surface area (Å²) >= 11 is 5.79. The second-order valence-corrected chi connectivity index (χ2v) is 7.41. The standard InChI is InChI=1S/C15H14ClF3N2O2S/c1-10(13-8-3-4-9-20-13)21(2)24(22,23)14-11(15(17,18)19)6-5-7-12(14)16/h3-10H,1-2H3. The van der Waals surface area contributed by atoms with Gasteiger partial charge >= 0.3 is 6.18 Å². The highest BCUT2D eigenvalue weighted by Gasteiger charge is 2.40. The maximum Gasteiger partial charge on any atom is 0.417 e. The molecule has 0 aliphatic rings. The zero-order valence-corrected chi connectivity index (χ0v) is 14.3. The molecule has 1 aromatic carbocycles. The Balaban J connectivity index is 2.56. The molecule has 0 amide bonds. The molecule has 1 atom stereocenters. The van der Waals surface area contributed by atoms with Crippen LogP contribution < -0.4 is 0 Å². The number of aromatic nitrogens is 1. The third-order valence-corrected chi connectivity index (χ3v) is 6.03. The minimum absolute atomic E-state index is 0.407. The van der Waals surface area contributed by atoms with Gasteiger partial charge in [0.2, 0.25) is 10.0 Å². The predicted octanol–water partition coefficient (Wildman–Crippen LogP) is 4.14. The van der Waals surface area contributed by atoms with Crippen molar-refractivity contribution in [2.45, 2.75) is 24.0 Å². The van der Waals surface area contributed by atoms with Gasteiger partial charge in [-0.05, 0) is 31.2 Å². The SMILES string of the molecule is CC(c1ccccn1)N(C)S(=O)(=O)c1c(Cl)cccc1C(F)(F)F. The van der Waals surface area contributed by atoms with Crippen LogP contribution in [0, 0.1) is 0 Å². The molecule has 0 fully saturated rings. The van der Waals surface area contributed by atoms with Crippen molar-refractivity contribution >= 4 is 21.6 Å². The quantitative estimate of drug-likeness (QED) is 0.803. The zero-order chi connectivity index (χ0) is 18.1. The van der Waals surface area contributed by atoms with Gasteiger partial charge in [0.05, 0.1) is 22.3 Å². The van der Waals surface area contributed by atoms with Crippen molar-refractivity contribution in [3.63, 3.8) is 0 Å². The summed E-state index contributed by atoms with van der Waals surface area (Å²) in [7, 11) is -3.30. The second kappa shape index (κ2) is 6.70. The highest BCUT2D eigenvalue weighted by Crippen LogP contribution is 2.39. The summed E-state index contributed by atoms with van der Waals surface area (Å²) in [4.78, 5) is 3.08. The fourth-order valence-electron chi connectivity index (χ4n) is 2.16. The summed E-state index contributed by atoms with van der Waals surface area (Å²) < 4.78 is 65.9. The van der Waals surface area contributed by atoms with Gasteiger partial charge < -0.3 is 0 Å². The number of alkyl halides is 3. The van der Waals surface area contributed by atoms with E-state index in [9.17, 15) is 21.6 Å². The van der Waals surface area contributed by atoms with Crippen molar-refractivity contribution in [1.29, 1.82) is 0 Å². The minimum Gasteiger partial charge on any atom is -0.260 e. The third-order valence-electron chi connectivity index (χ3n) is 3.57. The van der Waals surface area contributed by atoms with Crippen LogP contribution in [0.4, 0.5) is 13.2 Å². The maximum atomic E-state index is 13.2. The van der Waals surface area contributed by atoms with Crippen LogP contribution in [0.25, 0.3) is 0 Å². The number of benzene rings is 1. The van der Waals surface area contributed by atoms with Crippen LogP contribution in [0.3, 0.4) is 0 Å². The molecule has 9 heteroatoms. The summed E-state index contributed by atoms with van der Waals surface area (Å²) in [5, 5.41) is -0.482. The van der Waals surface area contributed by atoms with Gasteiger partial charge in [0.15, 0.2) is 0 Å². The topological polar surface area (TPSA) is 50.3 Å². The van der Waals surface area contributed by atoms with Gasteiger partial charge in [0, 0.05) is 13.2 Å². The molecule has 2 aromatic rings. The van der Waals surface area contributed by atoms with Gasteiger partial charge in [-0.15, -0.1) is 0 Å². The molecule has 24 heavy (non-hydrogen) atoms. The molecule has 0 aliphatic heterocycles. The van der Waals surface area contributed by atoms with Crippen LogP contribution in [-0.4, -0.2) is 24.8 Å². The van der Waals surface area contributed by atoms with E-state index in [-0.39, 0.29) is 0 Å². The molecular formula is C15H14ClF3N2O2S. The van der Waals surface area contributed by atoms with Crippen LogP contribution in [0.5, 0.6) is 0 Å². The Morgan fingerprint density at radius 2 is 1.83 bits per heavy atom. The maximum absolute atomic E-state index is 13.2. The summed E-state index contributed by atoms with van der Waals surface area (Å²) in [5.74, 6) is 0. The second-order valence-electron chi connectivity index (χ2n) is 5.07. The molecule has 0 aliphatic carbocycles. The van der Waals surface area contributed by atoms with Gasteiger partial charge in [-0.1, -0.05) is 23.7 Å². The van der Waals surface area contributed by atoms with Gasteiger partial charge in [0.25, 0.3) is 0 Å². The van der Waals surface area contributed by atoms with E-state index in [1.165, 1.54) is 20.2 Å².